The lowest BCUT2D eigenvalue weighted by atomic mass is 9.89. The van der Waals surface area contributed by atoms with Gasteiger partial charge in [0.25, 0.3) is 0 Å². The summed E-state index contributed by atoms with van der Waals surface area (Å²) in [5.41, 5.74) is 7.23. The van der Waals surface area contributed by atoms with Gasteiger partial charge < -0.3 is 27.6 Å². The van der Waals surface area contributed by atoms with E-state index in [-0.39, 0.29) is 103 Å². The number of carbonyl (C=O) groups excluding carboxylic acids is 10. The number of rotatable bonds is 39. The number of nitrogens with zero attached hydrogens (tertiary/aromatic N) is 8. The molecule has 690 valence electrons. The molecule has 0 aliphatic heterocycles. The standard InChI is InChI=1S/C112H86N8O16P4/c1-15-93(121)77-25-33-85-69(57-77)41-49-113(85)137(114-50-42-70-58-78(94(122)16-2)26-34-86(70)114)133-103-65-101(131-105(129)23-9)107(67(11)12)111(135-139(117-53-45-73-61-81(97(125)19-5)29-37-89(73)117)118-54-46-74-62-82(98(126)20-6)30-38-90(74)118)109(103)110-104(134-138(115-51-43-71-59-79(95(123)17-3)27-35-87(71)115)116-52-44-72-60-80(96(124)18-4)28-36-88(72)116)66-102(132-106(130)24-10)108(68(13)14)112(110)136-140(119-55-47-75-63-83(99(127)21-7)31-39-91(75)119)120-56-48-76-64-84(100(128)22-8)32-40-92(76)120/h15-68H,1-10H2,11-14H3. The van der Waals surface area contributed by atoms with Gasteiger partial charge in [-0.2, -0.15) is 0 Å². The Bertz CT molecular complexity index is 7600. The zero-order valence-electron chi connectivity index (χ0n) is 76.1. The van der Waals surface area contributed by atoms with E-state index in [9.17, 15) is 38.4 Å². The SMILES string of the molecule is C=CC(=O)Oc1cc(OP(n2ccc3cc(C(=O)C=C)ccc32)n2ccc3cc(C(=O)C=C)ccc32)c(-c2c(OP(n3ccc4cc(C(=O)C=C)ccc43)n3ccc4cc(C(=O)C=C)ccc43)cc(OC(=O)C=C)c(C(C)C)c2OP(n2ccc3cc(C(=O)C=C)ccc32)n2ccc3cc(C(=O)C=C)ccc32)c(OP(n2ccc3cc(C(=O)C=C)ccc32)n2ccc3cc(C(=O)C=C)ccc32)c1C(C)C. The molecule has 0 saturated heterocycles. The number of ketones is 8. The summed E-state index contributed by atoms with van der Waals surface area (Å²) in [6.07, 6.45) is 26.3. The summed E-state index contributed by atoms with van der Waals surface area (Å²) in [7, 11) is -10.6. The Morgan fingerprint density at radius 2 is 0.400 bits per heavy atom. The zero-order chi connectivity index (χ0) is 98.5. The Morgan fingerprint density at radius 3 is 0.557 bits per heavy atom. The van der Waals surface area contributed by atoms with Gasteiger partial charge in [0.1, 0.15) is 34.5 Å². The van der Waals surface area contributed by atoms with E-state index in [0.717, 1.165) is 12.2 Å². The minimum Gasteiger partial charge on any atom is -0.435 e. The molecule has 0 spiro atoms. The number of esters is 2. The topological polar surface area (TPSA) is 266 Å². The summed E-state index contributed by atoms with van der Waals surface area (Å²) in [5.74, 6) is -7.05. The summed E-state index contributed by atoms with van der Waals surface area (Å²) < 4.78 is 62.8. The van der Waals surface area contributed by atoms with Gasteiger partial charge in [-0.3, -0.25) is 73.1 Å². The molecule has 0 amide bonds. The molecule has 0 N–H and O–H groups in total. The molecule has 140 heavy (non-hydrogen) atoms. The van der Waals surface area contributed by atoms with Crippen molar-refractivity contribution in [3.05, 3.63) is 438 Å². The molecular weight excluding hydrogens is 1840 g/mol. The third-order valence-corrected chi connectivity index (χ3v) is 31.1. The van der Waals surface area contributed by atoms with Gasteiger partial charge in [0.15, 0.2) is 46.3 Å². The minimum absolute atomic E-state index is 0.0217. The maximum absolute atomic E-state index is 15.1. The maximum atomic E-state index is 15.1. The monoisotopic (exact) mass is 1920 g/mol. The van der Waals surface area contributed by atoms with Gasteiger partial charge in [-0.15, -0.1) is 0 Å². The third-order valence-electron chi connectivity index (χ3n) is 23.9. The molecule has 0 aliphatic carbocycles. The van der Waals surface area contributed by atoms with E-state index < -0.39 is 57.6 Å². The van der Waals surface area contributed by atoms with Gasteiger partial charge in [-0.05, 0) is 255 Å². The van der Waals surface area contributed by atoms with E-state index in [1.165, 1.54) is 48.6 Å². The Kier molecular flexibility index (Phi) is 25.9. The number of hydrogen-bond donors (Lipinski definition) is 0. The van der Waals surface area contributed by atoms with Gasteiger partial charge >= 0.3 is 45.7 Å². The first-order valence-electron chi connectivity index (χ1n) is 44.0. The van der Waals surface area contributed by atoms with E-state index in [1.807, 2.05) is 161 Å². The summed E-state index contributed by atoms with van der Waals surface area (Å²) in [4.78, 5) is 141. The lowest BCUT2D eigenvalue weighted by Crippen LogP contribution is -2.15. The molecule has 18 aromatic rings. The Morgan fingerprint density at radius 1 is 0.229 bits per heavy atom. The Balaban J connectivity index is 1.07. The van der Waals surface area contributed by atoms with Crippen molar-refractivity contribution in [3.63, 3.8) is 0 Å². The average molecular weight is 1920 g/mol. The molecule has 18 rings (SSSR count). The predicted octanol–water partition coefficient (Wildman–Crippen LogP) is 27.2. The fourth-order valence-corrected chi connectivity index (χ4v) is 24.4. The molecule has 0 bridgehead atoms. The molecule has 0 fully saturated rings. The van der Waals surface area contributed by atoms with Gasteiger partial charge in [0, 0.05) is 173 Å². The molecule has 8 aromatic heterocycles. The van der Waals surface area contributed by atoms with Crippen LogP contribution < -0.4 is 27.6 Å². The van der Waals surface area contributed by atoms with Crippen LogP contribution in [0, 0.1) is 0 Å². The van der Waals surface area contributed by atoms with Crippen LogP contribution in [-0.4, -0.2) is 92.9 Å². The minimum atomic E-state index is -2.65. The highest BCUT2D eigenvalue weighted by atomic mass is 31.2. The first-order valence-corrected chi connectivity index (χ1v) is 48.7. The van der Waals surface area contributed by atoms with E-state index >= 15 is 9.59 Å². The molecular formula is C112H86N8O16P4. The Hall–Kier alpha value is -16.9. The van der Waals surface area contributed by atoms with Crippen molar-refractivity contribution < 1.29 is 75.5 Å². The molecule has 0 radical (unpaired) electrons. The first kappa shape index (κ1) is 93.5. The van der Waals surface area contributed by atoms with Crippen molar-refractivity contribution in [2.75, 3.05) is 0 Å². The molecule has 28 heteroatoms. The fraction of sp³-hybridized carbons (Fsp3) is 0.0536. The summed E-state index contributed by atoms with van der Waals surface area (Å²) in [6.45, 7) is 45.9. The summed E-state index contributed by atoms with van der Waals surface area (Å²) in [5, 5.41) is 4.66. The van der Waals surface area contributed by atoms with Crippen LogP contribution in [0.4, 0.5) is 0 Å². The van der Waals surface area contributed by atoms with E-state index in [1.54, 1.807) is 158 Å². The molecule has 0 unspecified atom stereocenters. The summed E-state index contributed by atoms with van der Waals surface area (Å²) in [6, 6.07) is 59.5. The smallest absolute Gasteiger partial charge is 0.335 e. The second-order valence-corrected chi connectivity index (χ2v) is 39.1. The highest BCUT2D eigenvalue weighted by Crippen LogP contribution is 2.66. The van der Waals surface area contributed by atoms with Crippen molar-refractivity contribution in [2.45, 2.75) is 39.5 Å². The van der Waals surface area contributed by atoms with Crippen molar-refractivity contribution in [2.24, 2.45) is 0 Å². The highest BCUT2D eigenvalue weighted by molar-refractivity contribution is 7.51. The Labute approximate surface area is 807 Å². The normalized spacial score (nSPS) is 11.5. The molecule has 0 atom stereocenters. The first-order chi connectivity index (χ1) is 67.7. The van der Waals surface area contributed by atoms with E-state index in [2.05, 4.69) is 65.8 Å². The van der Waals surface area contributed by atoms with Gasteiger partial charge in [-0.25, -0.2) is 9.59 Å². The number of benzene rings is 10. The number of carbonyl (C=O) groups is 10. The number of ether oxygens (including phenoxy) is 2. The molecule has 0 saturated carbocycles. The van der Waals surface area contributed by atoms with Gasteiger partial charge in [0.2, 0.25) is 0 Å². The van der Waals surface area contributed by atoms with E-state index in [0.29, 0.717) is 132 Å². The van der Waals surface area contributed by atoms with Gasteiger partial charge in [-0.1, -0.05) is 93.5 Å². The van der Waals surface area contributed by atoms with Crippen LogP contribution in [0.25, 0.3) is 98.4 Å². The number of allylic oxidation sites excluding steroid dienone is 8. The average Bonchev–Trinajstić information content (AvgIpc) is 1.30. The number of aromatic nitrogens is 8. The molecule has 0 aliphatic rings. The number of fused-ring (bicyclic) bond motifs is 8. The highest BCUT2D eigenvalue weighted by Gasteiger charge is 2.41. The zero-order valence-corrected chi connectivity index (χ0v) is 79.7. The van der Waals surface area contributed by atoms with Crippen LogP contribution in [0.3, 0.4) is 0 Å². The molecule has 8 heterocycles. The largest absolute Gasteiger partial charge is 0.435 e. The van der Waals surface area contributed by atoms with Crippen LogP contribution in [0.5, 0.6) is 34.5 Å². The second-order valence-electron chi connectivity index (χ2n) is 32.9. The lowest BCUT2D eigenvalue weighted by molar-refractivity contribution is -0.129. The third kappa shape index (κ3) is 17.2. The van der Waals surface area contributed by atoms with E-state index in [4.69, 9.17) is 27.6 Å². The lowest BCUT2D eigenvalue weighted by Gasteiger charge is -2.33. The van der Waals surface area contributed by atoms with Crippen molar-refractivity contribution in [1.29, 1.82) is 0 Å². The quantitative estimate of drug-likeness (QED) is 0.0114. The second kappa shape index (κ2) is 38.7. The van der Waals surface area contributed by atoms with Crippen LogP contribution >= 0.6 is 33.8 Å². The van der Waals surface area contributed by atoms with Crippen molar-refractivity contribution >= 4 is 179 Å². The van der Waals surface area contributed by atoms with Crippen LogP contribution in [0.1, 0.15) is 134 Å². The van der Waals surface area contributed by atoms with Crippen LogP contribution in [0.2, 0.25) is 0 Å². The van der Waals surface area contributed by atoms with Crippen LogP contribution in [-0.2, 0) is 9.59 Å². The molecule has 10 aromatic carbocycles. The van der Waals surface area contributed by atoms with Gasteiger partial charge in [0.05, 0.1) is 55.3 Å². The number of hydrogen-bond acceptors (Lipinski definition) is 16. The van der Waals surface area contributed by atoms with Crippen molar-refractivity contribution in [3.8, 4) is 45.6 Å². The maximum Gasteiger partial charge on any atom is 0.335 e. The van der Waals surface area contributed by atoms with Crippen molar-refractivity contribution in [1.82, 2.24) is 34.7 Å². The predicted molar refractivity (Wildman–Crippen MR) is 557 cm³/mol. The fourth-order valence-electron chi connectivity index (χ4n) is 17.1. The summed E-state index contributed by atoms with van der Waals surface area (Å²) >= 11 is 0. The molecule has 24 nitrogen and oxygen atoms in total. The van der Waals surface area contributed by atoms with Crippen LogP contribution in [0.15, 0.2) is 382 Å².